The minimum absolute atomic E-state index is 0.184. The van der Waals surface area contributed by atoms with Crippen LogP contribution in [0.3, 0.4) is 0 Å². The van der Waals surface area contributed by atoms with Crippen molar-refractivity contribution in [3.8, 4) is 0 Å². The molecule has 102 valence electrons. The summed E-state index contributed by atoms with van der Waals surface area (Å²) in [7, 11) is 0. The smallest absolute Gasteiger partial charge is 0.434 e. The third-order valence-corrected chi connectivity index (χ3v) is 1.83. The van der Waals surface area contributed by atoms with Gasteiger partial charge in [-0.15, -0.1) is 0 Å². The molecule has 0 bridgehead atoms. The van der Waals surface area contributed by atoms with Gasteiger partial charge >= 0.3 is 6.16 Å². The molecule has 1 atom stereocenters. The Morgan fingerprint density at radius 2 is 1.88 bits per heavy atom. The van der Waals surface area contributed by atoms with E-state index in [1.54, 1.807) is 20.8 Å². The minimum Gasteiger partial charge on any atom is -0.434 e. The molecule has 0 aromatic carbocycles. The summed E-state index contributed by atoms with van der Waals surface area (Å²) in [4.78, 5) is 15.5. The topological polar surface area (TPSA) is 88.5 Å². The zero-order chi connectivity index (χ0) is 13.3. The van der Waals surface area contributed by atoms with Crippen LogP contribution in [0.15, 0.2) is 0 Å². The Kier molecular flexibility index (Phi) is 8.69. The molecule has 0 aliphatic heterocycles. The Morgan fingerprint density at radius 1 is 1.24 bits per heavy atom. The first-order valence-electron chi connectivity index (χ1n) is 5.60. The highest BCUT2D eigenvalue weighted by molar-refractivity contribution is 5.59. The van der Waals surface area contributed by atoms with Crippen molar-refractivity contribution in [1.29, 1.82) is 0 Å². The Bertz CT molecular complexity index is 209. The van der Waals surface area contributed by atoms with E-state index in [1.807, 2.05) is 0 Å². The van der Waals surface area contributed by atoms with Gasteiger partial charge in [-0.05, 0) is 40.0 Å². The van der Waals surface area contributed by atoms with Gasteiger partial charge in [0.25, 0.3) is 0 Å². The van der Waals surface area contributed by atoms with Gasteiger partial charge in [-0.25, -0.2) is 9.63 Å². The summed E-state index contributed by atoms with van der Waals surface area (Å²) in [6.07, 6.45) is 0.867. The average molecular weight is 251 g/mol. The summed E-state index contributed by atoms with van der Waals surface area (Å²) in [5.74, 6) is 0. The second-order valence-electron chi connectivity index (χ2n) is 3.93. The van der Waals surface area contributed by atoms with E-state index in [0.717, 1.165) is 6.42 Å². The van der Waals surface area contributed by atoms with Gasteiger partial charge in [0, 0.05) is 0 Å². The van der Waals surface area contributed by atoms with Crippen LogP contribution in [0.1, 0.15) is 40.0 Å². The van der Waals surface area contributed by atoms with Gasteiger partial charge in [-0.3, -0.25) is 10.4 Å². The highest BCUT2D eigenvalue weighted by Crippen LogP contribution is 2.05. The normalized spacial score (nSPS) is 12.9. The van der Waals surface area contributed by atoms with Crippen LogP contribution in [0.4, 0.5) is 4.79 Å². The Hall–Kier alpha value is -0.890. The molecule has 0 saturated heterocycles. The van der Waals surface area contributed by atoms with Crippen molar-refractivity contribution in [2.45, 2.75) is 52.2 Å². The van der Waals surface area contributed by atoms with Gasteiger partial charge in [0.1, 0.15) is 0 Å². The van der Waals surface area contributed by atoms with E-state index in [9.17, 15) is 4.79 Å². The van der Waals surface area contributed by atoms with Gasteiger partial charge in [0.15, 0.2) is 0 Å². The third kappa shape index (κ3) is 11.4. The van der Waals surface area contributed by atoms with E-state index in [-0.39, 0.29) is 24.2 Å². The average Bonchev–Trinajstić information content (AvgIpc) is 2.14. The Balaban J connectivity index is 3.37. The zero-order valence-corrected chi connectivity index (χ0v) is 10.5. The van der Waals surface area contributed by atoms with Crippen molar-refractivity contribution in [1.82, 2.24) is 5.39 Å². The lowest BCUT2D eigenvalue weighted by Crippen LogP contribution is -2.21. The lowest BCUT2D eigenvalue weighted by molar-refractivity contribution is -0.503. The summed E-state index contributed by atoms with van der Waals surface area (Å²) < 4.78 is 9.58. The number of ether oxygens (including phenoxy) is 2. The predicted octanol–water partition coefficient (Wildman–Crippen LogP) is 2.12. The number of hydrogen-bond acceptors (Lipinski definition) is 7. The second kappa shape index (κ2) is 9.17. The molecule has 0 fully saturated rings. The maximum atomic E-state index is 11.0. The van der Waals surface area contributed by atoms with Crippen molar-refractivity contribution in [2.75, 3.05) is 6.61 Å². The summed E-state index contributed by atoms with van der Waals surface area (Å²) in [5.41, 5.74) is 0. The van der Waals surface area contributed by atoms with Crippen LogP contribution in [0.25, 0.3) is 0 Å². The molecule has 7 nitrogen and oxygen atoms in total. The van der Waals surface area contributed by atoms with Crippen LogP contribution >= 0.6 is 0 Å². The number of rotatable bonds is 8. The van der Waals surface area contributed by atoms with Crippen molar-refractivity contribution >= 4 is 6.16 Å². The molecule has 0 radical (unpaired) electrons. The molecule has 0 unspecified atom stereocenters. The standard InChI is InChI=1S/C10H21NO6/c1-8(2)16-10(12)15-7-5-4-6-9(3)17-11(13)14/h8-9,13-14H,4-7H2,1-3H3/t9-/m1/s1. The van der Waals surface area contributed by atoms with Crippen LogP contribution < -0.4 is 0 Å². The molecule has 0 rings (SSSR count). The summed E-state index contributed by atoms with van der Waals surface area (Å²) in [6, 6.07) is 0. The maximum absolute atomic E-state index is 11.0. The molecule has 0 saturated carbocycles. The molecule has 0 heterocycles. The lowest BCUT2D eigenvalue weighted by atomic mass is 10.2. The number of nitrogens with zero attached hydrogens (tertiary/aromatic N) is 1. The lowest BCUT2D eigenvalue weighted by Gasteiger charge is -2.13. The van der Waals surface area contributed by atoms with Crippen LogP contribution in [0.2, 0.25) is 0 Å². The number of carbonyl (C=O) groups excluding carboxylic acids is 1. The first-order chi connectivity index (χ1) is 7.91. The van der Waals surface area contributed by atoms with Crippen molar-refractivity contribution in [3.05, 3.63) is 0 Å². The minimum atomic E-state index is -0.666. The molecule has 7 heteroatoms. The first-order valence-corrected chi connectivity index (χ1v) is 5.60. The summed E-state index contributed by atoms with van der Waals surface area (Å²) >= 11 is 0. The molecule has 0 aliphatic carbocycles. The van der Waals surface area contributed by atoms with Gasteiger partial charge in [-0.2, -0.15) is 0 Å². The highest BCUT2D eigenvalue weighted by Gasteiger charge is 2.08. The number of unbranched alkanes of at least 4 members (excludes halogenated alkanes) is 1. The molecule has 0 aliphatic rings. The monoisotopic (exact) mass is 251 g/mol. The van der Waals surface area contributed by atoms with Gasteiger partial charge in [0.2, 0.25) is 0 Å². The van der Waals surface area contributed by atoms with E-state index in [1.165, 1.54) is 0 Å². The largest absolute Gasteiger partial charge is 0.508 e. The van der Waals surface area contributed by atoms with Crippen LogP contribution in [0.5, 0.6) is 0 Å². The van der Waals surface area contributed by atoms with Gasteiger partial charge in [0.05, 0.1) is 24.2 Å². The highest BCUT2D eigenvalue weighted by atomic mass is 17.1. The van der Waals surface area contributed by atoms with Crippen molar-refractivity contribution in [2.24, 2.45) is 0 Å². The van der Waals surface area contributed by atoms with Crippen molar-refractivity contribution < 1.29 is 29.5 Å². The fourth-order valence-electron chi connectivity index (χ4n) is 1.13. The van der Waals surface area contributed by atoms with E-state index >= 15 is 0 Å². The summed E-state index contributed by atoms with van der Waals surface area (Å²) in [6.45, 7) is 5.47. The number of carbonyl (C=O) groups is 1. The molecular weight excluding hydrogens is 230 g/mol. The Labute approximate surface area is 101 Å². The second-order valence-corrected chi connectivity index (χ2v) is 3.93. The van der Waals surface area contributed by atoms with Gasteiger partial charge < -0.3 is 9.47 Å². The molecule has 0 aromatic rings. The van der Waals surface area contributed by atoms with E-state index < -0.39 is 6.16 Å². The molecular formula is C10H21NO6. The van der Waals surface area contributed by atoms with E-state index in [0.29, 0.717) is 12.8 Å². The fourth-order valence-corrected chi connectivity index (χ4v) is 1.13. The van der Waals surface area contributed by atoms with Gasteiger partial charge in [-0.1, -0.05) is 0 Å². The fraction of sp³-hybridized carbons (Fsp3) is 0.900. The SMILES string of the molecule is CC(C)OC(=O)OCCCC[C@@H](C)ON(O)O. The third-order valence-electron chi connectivity index (χ3n) is 1.83. The molecule has 0 aromatic heterocycles. The molecule has 17 heavy (non-hydrogen) atoms. The van der Waals surface area contributed by atoms with E-state index in [2.05, 4.69) is 4.84 Å². The maximum Gasteiger partial charge on any atom is 0.508 e. The quantitative estimate of drug-likeness (QED) is 0.388. The van der Waals surface area contributed by atoms with Crippen LogP contribution in [0, 0.1) is 0 Å². The summed E-state index contributed by atoms with van der Waals surface area (Å²) in [5, 5.41) is 16.4. The number of hydrogen-bond donors (Lipinski definition) is 2. The Morgan fingerprint density at radius 3 is 2.41 bits per heavy atom. The molecule has 0 amide bonds. The van der Waals surface area contributed by atoms with Crippen molar-refractivity contribution in [3.63, 3.8) is 0 Å². The molecule has 2 N–H and O–H groups in total. The van der Waals surface area contributed by atoms with Crippen LogP contribution in [-0.4, -0.2) is 40.8 Å². The first kappa shape index (κ1) is 16.1. The van der Waals surface area contributed by atoms with Crippen LogP contribution in [-0.2, 0) is 14.3 Å². The predicted molar refractivity (Wildman–Crippen MR) is 57.4 cm³/mol. The zero-order valence-electron chi connectivity index (χ0n) is 10.5. The molecule has 0 spiro atoms. The van der Waals surface area contributed by atoms with E-state index in [4.69, 9.17) is 19.9 Å².